The zero-order valence-corrected chi connectivity index (χ0v) is 11.3. The SMILES string of the molecule is O=C1CC(S)CN1Cc1ccccc1-n1cccn1. The monoisotopic (exact) mass is 273 g/mol. The molecule has 19 heavy (non-hydrogen) atoms. The minimum Gasteiger partial charge on any atom is -0.337 e. The molecule has 1 saturated heterocycles. The fraction of sp³-hybridized carbons (Fsp3) is 0.286. The van der Waals surface area contributed by atoms with Crippen LogP contribution in [0.1, 0.15) is 12.0 Å². The van der Waals surface area contributed by atoms with E-state index in [-0.39, 0.29) is 11.2 Å². The van der Waals surface area contributed by atoms with E-state index in [0.29, 0.717) is 13.0 Å². The molecule has 3 rings (SSSR count). The molecule has 98 valence electrons. The van der Waals surface area contributed by atoms with Gasteiger partial charge in [0, 0.05) is 37.2 Å². The van der Waals surface area contributed by atoms with Crippen LogP contribution in [-0.4, -0.2) is 32.4 Å². The van der Waals surface area contributed by atoms with Gasteiger partial charge in [0.05, 0.1) is 5.69 Å². The van der Waals surface area contributed by atoms with Gasteiger partial charge in [-0.25, -0.2) is 4.68 Å². The van der Waals surface area contributed by atoms with Gasteiger partial charge < -0.3 is 4.90 Å². The predicted molar refractivity (Wildman–Crippen MR) is 76.4 cm³/mol. The van der Waals surface area contributed by atoms with Crippen LogP contribution in [0.4, 0.5) is 0 Å². The number of carbonyl (C=O) groups is 1. The first-order chi connectivity index (χ1) is 9.24. The topological polar surface area (TPSA) is 38.1 Å². The van der Waals surface area contributed by atoms with Crippen molar-refractivity contribution in [1.82, 2.24) is 14.7 Å². The summed E-state index contributed by atoms with van der Waals surface area (Å²) in [4.78, 5) is 13.7. The summed E-state index contributed by atoms with van der Waals surface area (Å²) in [7, 11) is 0. The largest absolute Gasteiger partial charge is 0.337 e. The molecule has 0 radical (unpaired) electrons. The van der Waals surface area contributed by atoms with Gasteiger partial charge in [0.25, 0.3) is 0 Å². The fourth-order valence-corrected chi connectivity index (χ4v) is 2.74. The number of carbonyl (C=O) groups excluding carboxylic acids is 1. The number of amides is 1. The second-order valence-corrected chi connectivity index (χ2v) is 5.44. The second-order valence-electron chi connectivity index (χ2n) is 4.71. The Hall–Kier alpha value is -1.75. The number of rotatable bonds is 3. The third-order valence-electron chi connectivity index (χ3n) is 3.30. The number of hydrogen-bond donors (Lipinski definition) is 1. The summed E-state index contributed by atoms with van der Waals surface area (Å²) in [5.41, 5.74) is 2.12. The van der Waals surface area contributed by atoms with Crippen molar-refractivity contribution in [3.8, 4) is 5.69 Å². The lowest BCUT2D eigenvalue weighted by Crippen LogP contribution is -2.25. The van der Waals surface area contributed by atoms with Crippen molar-refractivity contribution >= 4 is 18.5 Å². The molecule has 4 nitrogen and oxygen atoms in total. The van der Waals surface area contributed by atoms with Crippen LogP contribution in [0.2, 0.25) is 0 Å². The highest BCUT2D eigenvalue weighted by Crippen LogP contribution is 2.21. The number of thiol groups is 1. The van der Waals surface area contributed by atoms with Crippen LogP contribution < -0.4 is 0 Å². The standard InChI is InChI=1S/C14H15N3OS/c18-14-8-12(19)10-16(14)9-11-4-1-2-5-13(11)17-7-3-6-15-17/h1-7,12,19H,8-10H2. The fourth-order valence-electron chi connectivity index (χ4n) is 2.39. The third kappa shape index (κ3) is 2.51. The van der Waals surface area contributed by atoms with Crippen LogP contribution >= 0.6 is 12.6 Å². The molecule has 0 saturated carbocycles. The molecular weight excluding hydrogens is 258 g/mol. The van der Waals surface area contributed by atoms with E-state index in [4.69, 9.17) is 0 Å². The van der Waals surface area contributed by atoms with E-state index in [9.17, 15) is 4.79 Å². The molecule has 1 aromatic carbocycles. The van der Waals surface area contributed by atoms with Gasteiger partial charge in [-0.15, -0.1) is 0 Å². The van der Waals surface area contributed by atoms with Crippen molar-refractivity contribution in [2.75, 3.05) is 6.54 Å². The number of benzene rings is 1. The first kappa shape index (κ1) is 12.3. The second kappa shape index (κ2) is 5.09. The zero-order chi connectivity index (χ0) is 13.2. The predicted octanol–water partition coefficient (Wildman–Crippen LogP) is 1.90. The van der Waals surface area contributed by atoms with Gasteiger partial charge in [-0.05, 0) is 17.7 Å². The van der Waals surface area contributed by atoms with Crippen molar-refractivity contribution in [3.05, 3.63) is 48.3 Å². The Balaban J connectivity index is 1.87. The summed E-state index contributed by atoms with van der Waals surface area (Å²) >= 11 is 4.38. The summed E-state index contributed by atoms with van der Waals surface area (Å²) in [6.07, 6.45) is 4.20. The van der Waals surface area contributed by atoms with E-state index in [1.807, 2.05) is 46.1 Å². The van der Waals surface area contributed by atoms with Crippen molar-refractivity contribution in [3.63, 3.8) is 0 Å². The maximum Gasteiger partial charge on any atom is 0.224 e. The van der Waals surface area contributed by atoms with Gasteiger partial charge in [0.2, 0.25) is 5.91 Å². The van der Waals surface area contributed by atoms with E-state index in [0.717, 1.165) is 17.8 Å². The van der Waals surface area contributed by atoms with Gasteiger partial charge >= 0.3 is 0 Å². The number of para-hydroxylation sites is 1. The lowest BCUT2D eigenvalue weighted by molar-refractivity contribution is -0.128. The Morgan fingerprint density at radius 1 is 1.32 bits per heavy atom. The normalized spacial score (nSPS) is 19.1. The van der Waals surface area contributed by atoms with Gasteiger partial charge in [0.1, 0.15) is 0 Å². The Morgan fingerprint density at radius 2 is 2.16 bits per heavy atom. The molecule has 0 bridgehead atoms. The van der Waals surface area contributed by atoms with Crippen LogP contribution in [0.15, 0.2) is 42.7 Å². The van der Waals surface area contributed by atoms with Crippen LogP contribution in [0.3, 0.4) is 0 Å². The molecule has 1 unspecified atom stereocenters. The van der Waals surface area contributed by atoms with E-state index in [1.165, 1.54) is 0 Å². The molecule has 1 aromatic heterocycles. The van der Waals surface area contributed by atoms with Gasteiger partial charge in [-0.3, -0.25) is 4.79 Å². The molecule has 0 spiro atoms. The van der Waals surface area contributed by atoms with Crippen LogP contribution in [0, 0.1) is 0 Å². The van der Waals surface area contributed by atoms with Gasteiger partial charge in [0.15, 0.2) is 0 Å². The molecule has 1 atom stereocenters. The van der Waals surface area contributed by atoms with E-state index in [2.05, 4.69) is 17.7 Å². The van der Waals surface area contributed by atoms with Crippen molar-refractivity contribution in [1.29, 1.82) is 0 Å². The van der Waals surface area contributed by atoms with E-state index >= 15 is 0 Å². The van der Waals surface area contributed by atoms with E-state index in [1.54, 1.807) is 6.20 Å². The maximum absolute atomic E-state index is 11.8. The molecule has 0 aliphatic carbocycles. The van der Waals surface area contributed by atoms with Gasteiger partial charge in [-0.1, -0.05) is 18.2 Å². The summed E-state index contributed by atoms with van der Waals surface area (Å²) in [6.45, 7) is 1.33. The molecule has 2 aromatic rings. The van der Waals surface area contributed by atoms with Crippen LogP contribution in [-0.2, 0) is 11.3 Å². The van der Waals surface area contributed by atoms with Gasteiger partial charge in [-0.2, -0.15) is 17.7 Å². The Kier molecular flexibility index (Phi) is 3.29. The minimum atomic E-state index is 0.157. The van der Waals surface area contributed by atoms with Crippen LogP contribution in [0.25, 0.3) is 5.69 Å². The molecule has 5 heteroatoms. The number of aromatic nitrogens is 2. The number of likely N-dealkylation sites (tertiary alicyclic amines) is 1. The lowest BCUT2D eigenvalue weighted by atomic mass is 10.1. The minimum absolute atomic E-state index is 0.157. The first-order valence-corrected chi connectivity index (χ1v) is 6.79. The Bertz CT molecular complexity index is 582. The lowest BCUT2D eigenvalue weighted by Gasteiger charge is -2.18. The smallest absolute Gasteiger partial charge is 0.224 e. The number of nitrogens with zero attached hydrogens (tertiary/aromatic N) is 3. The average Bonchev–Trinajstić information content (AvgIpc) is 3.01. The van der Waals surface area contributed by atoms with Crippen molar-refractivity contribution in [2.45, 2.75) is 18.2 Å². The first-order valence-electron chi connectivity index (χ1n) is 6.28. The summed E-state index contributed by atoms with van der Waals surface area (Å²) < 4.78 is 1.83. The molecule has 1 fully saturated rings. The highest BCUT2D eigenvalue weighted by Gasteiger charge is 2.27. The van der Waals surface area contributed by atoms with Crippen molar-refractivity contribution in [2.24, 2.45) is 0 Å². The summed E-state index contributed by atoms with van der Waals surface area (Å²) in [5, 5.41) is 4.41. The van der Waals surface area contributed by atoms with Crippen molar-refractivity contribution < 1.29 is 4.79 Å². The maximum atomic E-state index is 11.8. The molecular formula is C14H15N3OS. The quantitative estimate of drug-likeness (QED) is 0.867. The number of hydrogen-bond acceptors (Lipinski definition) is 3. The average molecular weight is 273 g/mol. The van der Waals surface area contributed by atoms with Crippen LogP contribution in [0.5, 0.6) is 0 Å². The zero-order valence-electron chi connectivity index (χ0n) is 10.4. The molecule has 1 aliphatic heterocycles. The summed E-state index contributed by atoms with van der Waals surface area (Å²) in [6, 6.07) is 9.91. The van der Waals surface area contributed by atoms with E-state index < -0.39 is 0 Å². The Labute approximate surface area is 117 Å². The molecule has 0 N–H and O–H groups in total. The molecule has 1 amide bonds. The summed E-state index contributed by atoms with van der Waals surface area (Å²) in [5.74, 6) is 0.176. The third-order valence-corrected chi connectivity index (χ3v) is 3.64. The highest BCUT2D eigenvalue weighted by molar-refractivity contribution is 7.81. The molecule has 2 heterocycles. The molecule has 1 aliphatic rings. The Morgan fingerprint density at radius 3 is 2.84 bits per heavy atom. The highest BCUT2D eigenvalue weighted by atomic mass is 32.1.